The van der Waals surface area contributed by atoms with Crippen molar-refractivity contribution < 1.29 is 39.3 Å². The van der Waals surface area contributed by atoms with Crippen molar-refractivity contribution in [2.24, 2.45) is 5.73 Å². The van der Waals surface area contributed by atoms with Crippen LogP contribution in [0.25, 0.3) is 10.9 Å². The Balaban J connectivity index is 1.60. The molecule has 0 aliphatic heterocycles. The molecule has 46 heavy (non-hydrogen) atoms. The van der Waals surface area contributed by atoms with E-state index in [4.69, 9.17) is 10.8 Å². The molecule has 1 heterocycles. The highest BCUT2D eigenvalue weighted by Crippen LogP contribution is 2.20. The predicted octanol–water partition coefficient (Wildman–Crippen LogP) is 1.24. The van der Waals surface area contributed by atoms with Crippen LogP contribution in [0.15, 0.2) is 85.1 Å². The minimum absolute atomic E-state index is 0.0178. The number of carboxylic acid groups (broad SMARTS) is 2. The third kappa shape index (κ3) is 9.16. The topological polar surface area (TPSA) is 224 Å². The summed E-state index contributed by atoms with van der Waals surface area (Å²) in [5.74, 6) is -5.35. The summed E-state index contributed by atoms with van der Waals surface area (Å²) in [5.41, 5.74) is 9.06. The Kier molecular flexibility index (Phi) is 11.1. The van der Waals surface area contributed by atoms with Crippen LogP contribution < -0.4 is 21.7 Å². The van der Waals surface area contributed by atoms with Crippen LogP contribution in [-0.2, 0) is 43.2 Å². The van der Waals surface area contributed by atoms with Crippen molar-refractivity contribution in [3.05, 3.63) is 102 Å². The van der Waals surface area contributed by atoms with E-state index in [0.29, 0.717) is 11.1 Å². The van der Waals surface area contributed by atoms with Gasteiger partial charge in [0.2, 0.25) is 17.7 Å². The first-order chi connectivity index (χ1) is 22.0. The molecule has 4 unspecified atom stereocenters. The van der Waals surface area contributed by atoms with Crippen LogP contribution in [0.4, 0.5) is 0 Å². The number of aromatic hydroxyl groups is 1. The molecule has 1 aromatic heterocycles. The van der Waals surface area contributed by atoms with Crippen molar-refractivity contribution in [1.29, 1.82) is 0 Å². The van der Waals surface area contributed by atoms with Crippen molar-refractivity contribution >= 4 is 40.6 Å². The Morgan fingerprint density at radius 3 is 1.89 bits per heavy atom. The van der Waals surface area contributed by atoms with E-state index in [1.54, 1.807) is 6.20 Å². The van der Waals surface area contributed by atoms with Gasteiger partial charge in [0.15, 0.2) is 0 Å². The number of H-pyrrole nitrogens is 1. The molecule has 0 aliphatic carbocycles. The number of aliphatic carboxylic acids is 2. The van der Waals surface area contributed by atoms with E-state index in [1.807, 2.05) is 54.6 Å². The normalized spacial score (nSPS) is 13.6. The summed E-state index contributed by atoms with van der Waals surface area (Å²) in [6, 6.07) is 16.9. The number of fused-ring (bicyclic) bond motifs is 1. The zero-order chi connectivity index (χ0) is 33.2. The van der Waals surface area contributed by atoms with Crippen LogP contribution in [0.5, 0.6) is 5.75 Å². The second kappa shape index (κ2) is 15.3. The fraction of sp³-hybridized carbons (Fsp3) is 0.242. The number of amides is 3. The highest BCUT2D eigenvalue weighted by molar-refractivity contribution is 5.95. The summed E-state index contributed by atoms with van der Waals surface area (Å²) in [6.07, 6.45) is 0.910. The Bertz CT molecular complexity index is 1690. The van der Waals surface area contributed by atoms with E-state index in [-0.39, 0.29) is 25.0 Å². The zero-order valence-corrected chi connectivity index (χ0v) is 24.7. The molecule has 3 aromatic carbocycles. The third-order valence-corrected chi connectivity index (χ3v) is 7.37. The average Bonchev–Trinajstić information content (AvgIpc) is 3.43. The standard InChI is InChI=1S/C33H35N5O8/c34-24(14-19-6-2-1-3-7-19)30(42)36-27(16-21-18-35-25-9-5-4-8-23(21)25)32(44)37-26(15-20-10-12-22(39)13-11-20)31(43)38-28(33(45)46)17-29(40)41/h1-13,18,24,26-28,35,39H,14-17,34H2,(H,36,42)(H,37,44)(H,38,43)(H,40,41)(H,45,46). The average molecular weight is 630 g/mol. The molecule has 0 spiro atoms. The van der Waals surface area contributed by atoms with E-state index < -0.39 is 60.2 Å². The summed E-state index contributed by atoms with van der Waals surface area (Å²) in [7, 11) is 0. The lowest BCUT2D eigenvalue weighted by Gasteiger charge is -2.25. The Hall–Kier alpha value is -5.69. The molecule has 13 heteroatoms. The molecule has 9 N–H and O–H groups in total. The number of para-hydroxylation sites is 1. The van der Waals surface area contributed by atoms with Crippen molar-refractivity contribution in [1.82, 2.24) is 20.9 Å². The van der Waals surface area contributed by atoms with Crippen LogP contribution in [-0.4, -0.2) is 74.1 Å². The maximum atomic E-state index is 13.9. The number of aromatic amines is 1. The highest BCUT2D eigenvalue weighted by atomic mass is 16.4. The first-order valence-electron chi connectivity index (χ1n) is 14.5. The van der Waals surface area contributed by atoms with Crippen LogP contribution in [0.2, 0.25) is 0 Å². The minimum atomic E-state index is -1.76. The number of rotatable bonds is 15. The molecule has 0 saturated heterocycles. The molecule has 0 fully saturated rings. The van der Waals surface area contributed by atoms with Gasteiger partial charge in [0.25, 0.3) is 0 Å². The van der Waals surface area contributed by atoms with Gasteiger partial charge in [-0.25, -0.2) is 4.79 Å². The number of hydrogen-bond donors (Lipinski definition) is 8. The fourth-order valence-corrected chi connectivity index (χ4v) is 4.97. The van der Waals surface area contributed by atoms with E-state index in [1.165, 1.54) is 24.3 Å². The van der Waals surface area contributed by atoms with Crippen molar-refractivity contribution in [2.75, 3.05) is 0 Å². The molecule has 4 rings (SSSR count). The lowest BCUT2D eigenvalue weighted by Crippen LogP contribution is -2.58. The lowest BCUT2D eigenvalue weighted by atomic mass is 10.0. The van der Waals surface area contributed by atoms with E-state index in [9.17, 15) is 34.2 Å². The Morgan fingerprint density at radius 1 is 0.674 bits per heavy atom. The second-order valence-corrected chi connectivity index (χ2v) is 10.9. The summed E-state index contributed by atoms with van der Waals surface area (Å²) < 4.78 is 0. The van der Waals surface area contributed by atoms with Crippen molar-refractivity contribution in [2.45, 2.75) is 49.9 Å². The van der Waals surface area contributed by atoms with E-state index in [2.05, 4.69) is 20.9 Å². The van der Waals surface area contributed by atoms with Gasteiger partial charge in [-0.2, -0.15) is 0 Å². The number of carbonyl (C=O) groups excluding carboxylic acids is 3. The van der Waals surface area contributed by atoms with E-state index >= 15 is 0 Å². The van der Waals surface area contributed by atoms with Gasteiger partial charge in [-0.05, 0) is 41.3 Å². The molecule has 0 aliphatic rings. The number of nitrogens with one attached hydrogen (secondary N) is 4. The van der Waals surface area contributed by atoms with Gasteiger partial charge in [0.1, 0.15) is 23.9 Å². The van der Waals surface area contributed by atoms with Crippen LogP contribution in [0, 0.1) is 0 Å². The molecule has 4 atom stereocenters. The van der Waals surface area contributed by atoms with Crippen LogP contribution >= 0.6 is 0 Å². The van der Waals surface area contributed by atoms with Gasteiger partial charge >= 0.3 is 11.9 Å². The summed E-state index contributed by atoms with van der Waals surface area (Å²) in [4.78, 5) is 66.5. The molecular weight excluding hydrogens is 594 g/mol. The fourth-order valence-electron chi connectivity index (χ4n) is 4.97. The number of aromatic nitrogens is 1. The van der Waals surface area contributed by atoms with Gasteiger partial charge in [0, 0.05) is 29.9 Å². The summed E-state index contributed by atoms with van der Waals surface area (Å²) in [6.45, 7) is 0. The molecule has 0 saturated carbocycles. The first kappa shape index (κ1) is 33.2. The number of nitrogens with two attached hydrogens (primary N) is 1. The number of phenols is 1. The SMILES string of the molecule is NC(Cc1ccccc1)C(=O)NC(Cc1c[nH]c2ccccc12)C(=O)NC(Cc1ccc(O)cc1)C(=O)NC(CC(=O)O)C(=O)O. The third-order valence-electron chi connectivity index (χ3n) is 7.37. The molecule has 240 valence electrons. The van der Waals surface area contributed by atoms with Gasteiger partial charge in [0.05, 0.1) is 12.5 Å². The molecule has 3 amide bonds. The first-order valence-corrected chi connectivity index (χ1v) is 14.5. The number of carbonyl (C=O) groups is 5. The monoisotopic (exact) mass is 629 g/mol. The number of hydrogen-bond acceptors (Lipinski definition) is 7. The quantitative estimate of drug-likeness (QED) is 0.0946. The predicted molar refractivity (Wildman–Crippen MR) is 168 cm³/mol. The Morgan fingerprint density at radius 2 is 1.24 bits per heavy atom. The Labute approximate surface area is 263 Å². The molecule has 13 nitrogen and oxygen atoms in total. The molecule has 0 bridgehead atoms. The largest absolute Gasteiger partial charge is 0.508 e. The van der Waals surface area contributed by atoms with Crippen LogP contribution in [0.1, 0.15) is 23.1 Å². The van der Waals surface area contributed by atoms with Crippen LogP contribution in [0.3, 0.4) is 0 Å². The van der Waals surface area contributed by atoms with Gasteiger partial charge < -0.3 is 42.0 Å². The van der Waals surface area contributed by atoms with Crippen molar-refractivity contribution in [3.63, 3.8) is 0 Å². The number of benzene rings is 3. The minimum Gasteiger partial charge on any atom is -0.508 e. The second-order valence-electron chi connectivity index (χ2n) is 10.9. The molecular formula is C33H35N5O8. The summed E-state index contributed by atoms with van der Waals surface area (Å²) in [5, 5.41) is 36.6. The van der Waals surface area contributed by atoms with Gasteiger partial charge in [-0.1, -0.05) is 60.7 Å². The smallest absolute Gasteiger partial charge is 0.326 e. The maximum absolute atomic E-state index is 13.9. The van der Waals surface area contributed by atoms with E-state index in [0.717, 1.165) is 16.5 Å². The number of carboxylic acids is 2. The highest BCUT2D eigenvalue weighted by Gasteiger charge is 2.32. The molecule has 4 aromatic rings. The van der Waals surface area contributed by atoms with Gasteiger partial charge in [-0.15, -0.1) is 0 Å². The van der Waals surface area contributed by atoms with Crippen molar-refractivity contribution in [3.8, 4) is 5.75 Å². The maximum Gasteiger partial charge on any atom is 0.326 e. The van der Waals surface area contributed by atoms with Gasteiger partial charge in [-0.3, -0.25) is 19.2 Å². The zero-order valence-electron chi connectivity index (χ0n) is 24.7. The lowest BCUT2D eigenvalue weighted by molar-refractivity contribution is -0.147. The number of phenolic OH excluding ortho intramolecular Hbond substituents is 1. The summed E-state index contributed by atoms with van der Waals surface area (Å²) >= 11 is 0. The molecule has 0 radical (unpaired) electrons.